The zero-order chi connectivity index (χ0) is 17.9. The maximum Gasteiger partial charge on any atom is 0.149 e. The Hall–Kier alpha value is -2.47. The summed E-state index contributed by atoms with van der Waals surface area (Å²) in [6.45, 7) is 2.44. The largest absolute Gasteiger partial charge is 0.328 e. The van der Waals surface area contributed by atoms with Gasteiger partial charge in [0.25, 0.3) is 0 Å². The van der Waals surface area contributed by atoms with Crippen LogP contribution in [0.15, 0.2) is 55.0 Å². The van der Waals surface area contributed by atoms with Crippen LogP contribution in [-0.4, -0.2) is 35.0 Å². The number of rotatable bonds is 6. The minimum Gasteiger partial charge on any atom is -0.328 e. The monoisotopic (exact) mass is 355 g/mol. The molecule has 0 radical (unpaired) electrons. The molecule has 1 aromatic carbocycles. The summed E-state index contributed by atoms with van der Waals surface area (Å²) in [4.78, 5) is 9.11. The number of aromatic nitrogens is 3. The Bertz CT molecular complexity index is 946. The van der Waals surface area contributed by atoms with Crippen molar-refractivity contribution in [1.82, 2.24) is 14.5 Å². The topological polar surface area (TPSA) is 64.8 Å². The molecule has 25 heavy (non-hydrogen) atoms. The fraction of sp³-hybridized carbons (Fsp3) is 0.263. The van der Waals surface area contributed by atoms with E-state index in [9.17, 15) is 8.42 Å². The van der Waals surface area contributed by atoms with Gasteiger partial charge in [-0.25, -0.2) is 13.4 Å². The molecule has 0 amide bonds. The number of hydrogen-bond donors (Lipinski definition) is 0. The van der Waals surface area contributed by atoms with Crippen LogP contribution >= 0.6 is 0 Å². The maximum atomic E-state index is 11.6. The van der Waals surface area contributed by atoms with Crippen LogP contribution in [0, 0.1) is 0 Å². The van der Waals surface area contributed by atoms with E-state index < -0.39 is 9.84 Å². The summed E-state index contributed by atoms with van der Waals surface area (Å²) in [6.07, 6.45) is 5.72. The zero-order valence-corrected chi connectivity index (χ0v) is 15.2. The maximum absolute atomic E-state index is 11.6. The second-order valence-corrected chi connectivity index (χ2v) is 8.30. The van der Waals surface area contributed by atoms with Gasteiger partial charge in [0.2, 0.25) is 0 Å². The summed E-state index contributed by atoms with van der Waals surface area (Å²) < 4.78 is 25.0. The van der Waals surface area contributed by atoms with E-state index in [1.54, 1.807) is 6.33 Å². The van der Waals surface area contributed by atoms with E-state index in [0.29, 0.717) is 6.54 Å². The normalized spacial score (nSPS) is 11.6. The van der Waals surface area contributed by atoms with Crippen molar-refractivity contribution in [3.05, 3.63) is 60.6 Å². The summed E-state index contributed by atoms with van der Waals surface area (Å²) in [6, 6.07) is 13.9. The predicted molar refractivity (Wildman–Crippen MR) is 100.0 cm³/mol. The van der Waals surface area contributed by atoms with E-state index in [4.69, 9.17) is 0 Å². The Morgan fingerprint density at radius 1 is 1.04 bits per heavy atom. The van der Waals surface area contributed by atoms with Gasteiger partial charge in [-0.2, -0.15) is 0 Å². The van der Waals surface area contributed by atoms with Crippen molar-refractivity contribution in [3.8, 4) is 22.6 Å². The number of imidazole rings is 1. The Morgan fingerprint density at radius 3 is 2.40 bits per heavy atom. The summed E-state index contributed by atoms with van der Waals surface area (Å²) in [5, 5.41) is 0. The average Bonchev–Trinajstić information content (AvgIpc) is 3.04. The van der Waals surface area contributed by atoms with Gasteiger partial charge >= 0.3 is 0 Å². The number of hydrogen-bond acceptors (Lipinski definition) is 4. The van der Waals surface area contributed by atoms with Gasteiger partial charge in [-0.15, -0.1) is 0 Å². The number of sulfone groups is 1. The Labute approximate surface area is 148 Å². The molecule has 0 N–H and O–H groups in total. The molecule has 0 bridgehead atoms. The molecule has 0 saturated heterocycles. The molecule has 0 saturated carbocycles. The van der Waals surface area contributed by atoms with Crippen molar-refractivity contribution in [1.29, 1.82) is 0 Å². The molecule has 0 aliphatic rings. The fourth-order valence-electron chi connectivity index (χ4n) is 2.67. The van der Waals surface area contributed by atoms with Crippen molar-refractivity contribution in [2.24, 2.45) is 0 Å². The minimum atomic E-state index is -3.06. The van der Waals surface area contributed by atoms with Crippen LogP contribution in [0.3, 0.4) is 0 Å². The van der Waals surface area contributed by atoms with Crippen molar-refractivity contribution >= 4 is 9.84 Å². The van der Waals surface area contributed by atoms with Crippen LogP contribution < -0.4 is 0 Å². The third-order valence-corrected chi connectivity index (χ3v) is 4.99. The van der Waals surface area contributed by atoms with Gasteiger partial charge in [-0.3, -0.25) is 4.98 Å². The van der Waals surface area contributed by atoms with Crippen LogP contribution in [0.4, 0.5) is 0 Å². The van der Waals surface area contributed by atoms with Gasteiger partial charge in [0.15, 0.2) is 0 Å². The average molecular weight is 355 g/mol. The second-order valence-electron chi connectivity index (χ2n) is 6.04. The van der Waals surface area contributed by atoms with Crippen molar-refractivity contribution in [3.63, 3.8) is 0 Å². The number of nitrogens with zero attached hydrogens (tertiary/aromatic N) is 3. The first-order valence-corrected chi connectivity index (χ1v) is 10.3. The predicted octanol–water partition coefficient (Wildman–Crippen LogP) is 3.22. The number of aryl methyl sites for hydroxylation is 2. The van der Waals surface area contributed by atoms with Gasteiger partial charge in [0, 0.05) is 24.6 Å². The minimum absolute atomic E-state index is 0.0671. The Morgan fingerprint density at radius 2 is 1.80 bits per heavy atom. The van der Waals surface area contributed by atoms with Gasteiger partial charge < -0.3 is 4.57 Å². The lowest BCUT2D eigenvalue weighted by Crippen LogP contribution is -2.11. The lowest BCUT2D eigenvalue weighted by atomic mass is 10.1. The Kier molecular flexibility index (Phi) is 4.99. The molecule has 0 aliphatic heterocycles. The van der Waals surface area contributed by atoms with Crippen molar-refractivity contribution in [2.45, 2.75) is 19.9 Å². The summed E-state index contributed by atoms with van der Waals surface area (Å²) in [7, 11) is -3.06. The molecule has 0 spiro atoms. The van der Waals surface area contributed by atoms with Crippen LogP contribution in [0.25, 0.3) is 22.6 Å². The molecule has 130 valence electrons. The summed E-state index contributed by atoms with van der Waals surface area (Å²) in [5.74, 6) is 0.0671. The highest BCUT2D eigenvalue weighted by Gasteiger charge is 2.17. The highest BCUT2D eigenvalue weighted by atomic mass is 32.2. The molecule has 3 aromatic rings. The van der Waals surface area contributed by atoms with Crippen LogP contribution in [0.2, 0.25) is 0 Å². The number of pyridine rings is 1. The van der Waals surface area contributed by atoms with Crippen LogP contribution in [0.1, 0.15) is 12.5 Å². The molecule has 0 fully saturated rings. The molecule has 3 rings (SSSR count). The molecular formula is C19H21N3O2S. The third-order valence-electron chi connectivity index (χ3n) is 4.06. The van der Waals surface area contributed by atoms with Crippen molar-refractivity contribution < 1.29 is 8.42 Å². The molecule has 2 heterocycles. The molecule has 2 aromatic heterocycles. The quantitative estimate of drug-likeness (QED) is 0.681. The molecule has 0 aliphatic carbocycles. The smallest absolute Gasteiger partial charge is 0.149 e. The summed E-state index contributed by atoms with van der Waals surface area (Å²) in [5.41, 5.74) is 4.59. The van der Waals surface area contributed by atoms with Crippen molar-refractivity contribution in [2.75, 3.05) is 12.0 Å². The zero-order valence-electron chi connectivity index (χ0n) is 14.4. The van der Waals surface area contributed by atoms with E-state index in [-0.39, 0.29) is 5.75 Å². The lowest BCUT2D eigenvalue weighted by molar-refractivity contribution is 0.595. The molecule has 0 unspecified atom stereocenters. The number of benzene rings is 1. The SMILES string of the molecule is CCc1ccc(-c2c(-c3ccccc3)ncn2CCS(C)(=O)=O)nc1. The van der Waals surface area contributed by atoms with Gasteiger partial charge in [-0.1, -0.05) is 43.3 Å². The molecule has 5 nitrogen and oxygen atoms in total. The van der Waals surface area contributed by atoms with E-state index >= 15 is 0 Å². The summed E-state index contributed by atoms with van der Waals surface area (Å²) >= 11 is 0. The molecule has 6 heteroatoms. The molecule has 0 atom stereocenters. The lowest BCUT2D eigenvalue weighted by Gasteiger charge is -2.10. The third kappa shape index (κ3) is 4.14. The fourth-order valence-corrected chi connectivity index (χ4v) is 3.19. The van der Waals surface area contributed by atoms with E-state index in [1.165, 1.54) is 6.26 Å². The Balaban J connectivity index is 2.08. The standard InChI is InChI=1S/C19H21N3O2S/c1-3-15-9-10-17(20-13-15)19-18(16-7-5-4-6-8-16)21-14-22(19)11-12-25(2,23)24/h4-10,13-14H,3,11-12H2,1-2H3. The van der Waals surface area contributed by atoms with E-state index in [0.717, 1.165) is 34.6 Å². The van der Waals surface area contributed by atoms with Gasteiger partial charge in [0.1, 0.15) is 9.84 Å². The van der Waals surface area contributed by atoms with Gasteiger partial charge in [-0.05, 0) is 18.1 Å². The first kappa shape index (κ1) is 17.4. The first-order chi connectivity index (χ1) is 12.0. The first-order valence-electron chi connectivity index (χ1n) is 8.21. The van der Waals surface area contributed by atoms with Crippen LogP contribution in [0.5, 0.6) is 0 Å². The second kappa shape index (κ2) is 7.19. The molecular weight excluding hydrogens is 334 g/mol. The van der Waals surface area contributed by atoms with Crippen LogP contribution in [-0.2, 0) is 22.8 Å². The highest BCUT2D eigenvalue weighted by molar-refractivity contribution is 7.90. The highest BCUT2D eigenvalue weighted by Crippen LogP contribution is 2.30. The van der Waals surface area contributed by atoms with E-state index in [1.807, 2.05) is 53.2 Å². The van der Waals surface area contributed by atoms with E-state index in [2.05, 4.69) is 16.9 Å². The van der Waals surface area contributed by atoms with Gasteiger partial charge in [0.05, 0.1) is 29.2 Å².